The molecule has 0 radical (unpaired) electrons. The Hall–Kier alpha value is -2.20. The van der Waals surface area contributed by atoms with Crippen molar-refractivity contribution in [2.75, 3.05) is 0 Å². The smallest absolute Gasteiger partial charge is 0.250 e. The van der Waals surface area contributed by atoms with E-state index >= 15 is 0 Å². The van der Waals surface area contributed by atoms with Crippen LogP contribution >= 0.6 is 11.6 Å². The van der Waals surface area contributed by atoms with Gasteiger partial charge in [-0.1, -0.05) is 42.5 Å². The van der Waals surface area contributed by atoms with E-state index in [9.17, 15) is 4.39 Å². The first-order valence-corrected chi connectivity index (χ1v) is 6.46. The number of hydrogen-bond acceptors (Lipinski definition) is 3. The van der Waals surface area contributed by atoms with Crippen LogP contribution < -0.4 is 0 Å². The quantitative estimate of drug-likeness (QED) is 0.678. The molecule has 3 rings (SSSR count). The highest BCUT2D eigenvalue weighted by atomic mass is 35.5. The molecule has 0 fully saturated rings. The number of rotatable bonds is 3. The molecule has 0 saturated carbocycles. The lowest BCUT2D eigenvalue weighted by molar-refractivity contribution is 0.508. The second kappa shape index (κ2) is 5.43. The van der Waals surface area contributed by atoms with Gasteiger partial charge in [-0.3, -0.25) is 0 Å². The molecule has 100 valence electrons. The van der Waals surface area contributed by atoms with E-state index in [2.05, 4.69) is 10.2 Å². The Kier molecular flexibility index (Phi) is 3.48. The zero-order chi connectivity index (χ0) is 13.9. The molecule has 0 aliphatic heterocycles. The Balaban J connectivity index is 1.93. The first-order valence-electron chi connectivity index (χ1n) is 6.03. The number of aromatic nitrogens is 2. The fourth-order valence-electron chi connectivity index (χ4n) is 1.85. The molecule has 3 nitrogen and oxygen atoms in total. The molecule has 5 heteroatoms. The number of nitrogens with zero attached hydrogens (tertiary/aromatic N) is 2. The van der Waals surface area contributed by atoms with Crippen LogP contribution in [0.15, 0.2) is 59.0 Å². The van der Waals surface area contributed by atoms with Crippen LogP contribution in [0.4, 0.5) is 4.39 Å². The van der Waals surface area contributed by atoms with Crippen molar-refractivity contribution in [3.05, 3.63) is 71.9 Å². The molecular weight excluding hydrogens is 279 g/mol. The summed E-state index contributed by atoms with van der Waals surface area (Å²) in [5.74, 6) is -0.0377. The van der Waals surface area contributed by atoms with Gasteiger partial charge in [0.2, 0.25) is 5.89 Å². The fraction of sp³-hybridized carbons (Fsp3) is 0.0667. The average molecular weight is 289 g/mol. The van der Waals surface area contributed by atoms with Gasteiger partial charge in [0.05, 0.1) is 5.56 Å². The number of halogens is 2. The van der Waals surface area contributed by atoms with E-state index in [1.54, 1.807) is 18.2 Å². The average Bonchev–Trinajstić information content (AvgIpc) is 2.97. The zero-order valence-electron chi connectivity index (χ0n) is 10.3. The maximum Gasteiger partial charge on any atom is 0.250 e. The highest BCUT2D eigenvalue weighted by Gasteiger charge is 2.19. The van der Waals surface area contributed by atoms with Gasteiger partial charge in [0.1, 0.15) is 11.2 Å². The van der Waals surface area contributed by atoms with Crippen molar-refractivity contribution in [1.29, 1.82) is 0 Å². The van der Waals surface area contributed by atoms with Crippen molar-refractivity contribution in [3.63, 3.8) is 0 Å². The van der Waals surface area contributed by atoms with Crippen LogP contribution in [0.5, 0.6) is 0 Å². The Morgan fingerprint density at radius 3 is 2.40 bits per heavy atom. The van der Waals surface area contributed by atoms with Crippen LogP contribution in [0.2, 0.25) is 0 Å². The minimum Gasteiger partial charge on any atom is -0.419 e. The summed E-state index contributed by atoms with van der Waals surface area (Å²) in [6, 6.07) is 15.6. The van der Waals surface area contributed by atoms with Gasteiger partial charge in [0.25, 0.3) is 5.89 Å². The molecule has 0 N–H and O–H groups in total. The summed E-state index contributed by atoms with van der Waals surface area (Å²) in [5.41, 5.74) is 1.11. The molecule has 0 aliphatic carbocycles. The van der Waals surface area contributed by atoms with Gasteiger partial charge in [-0.2, -0.15) is 0 Å². The Bertz CT molecular complexity index is 715. The Morgan fingerprint density at radius 1 is 0.950 bits per heavy atom. The summed E-state index contributed by atoms with van der Waals surface area (Å²) in [4.78, 5) is 0. The van der Waals surface area contributed by atoms with Crippen LogP contribution in [0.3, 0.4) is 0 Å². The molecule has 0 spiro atoms. The summed E-state index contributed by atoms with van der Waals surface area (Å²) < 4.78 is 19.1. The predicted octanol–water partition coefficient (Wildman–Crippen LogP) is 4.20. The normalized spacial score (nSPS) is 12.3. The molecule has 1 aromatic heterocycles. The van der Waals surface area contributed by atoms with E-state index in [1.807, 2.05) is 30.3 Å². The lowest BCUT2D eigenvalue weighted by Crippen LogP contribution is -1.92. The van der Waals surface area contributed by atoms with E-state index in [0.717, 1.165) is 5.56 Å². The molecule has 2 aromatic carbocycles. The van der Waals surface area contributed by atoms with Crippen molar-refractivity contribution in [2.45, 2.75) is 5.38 Å². The van der Waals surface area contributed by atoms with Gasteiger partial charge >= 0.3 is 0 Å². The highest BCUT2D eigenvalue weighted by molar-refractivity contribution is 6.22. The lowest BCUT2D eigenvalue weighted by Gasteiger charge is -2.03. The van der Waals surface area contributed by atoms with Crippen LogP contribution in [-0.2, 0) is 0 Å². The van der Waals surface area contributed by atoms with Crippen LogP contribution in [0.25, 0.3) is 11.5 Å². The maximum absolute atomic E-state index is 13.6. The minimum absolute atomic E-state index is 0.125. The van der Waals surface area contributed by atoms with E-state index < -0.39 is 11.2 Å². The van der Waals surface area contributed by atoms with Crippen LogP contribution in [0.1, 0.15) is 16.8 Å². The second-order valence-electron chi connectivity index (χ2n) is 4.20. The number of benzene rings is 2. The van der Waals surface area contributed by atoms with Crippen LogP contribution in [0, 0.1) is 5.82 Å². The van der Waals surface area contributed by atoms with Gasteiger partial charge in [0.15, 0.2) is 0 Å². The molecule has 20 heavy (non-hydrogen) atoms. The third-order valence-corrected chi connectivity index (χ3v) is 3.29. The first kappa shape index (κ1) is 12.8. The van der Waals surface area contributed by atoms with Crippen molar-refractivity contribution in [1.82, 2.24) is 10.2 Å². The van der Waals surface area contributed by atoms with E-state index in [1.165, 1.54) is 6.07 Å². The van der Waals surface area contributed by atoms with E-state index in [0.29, 0.717) is 0 Å². The summed E-state index contributed by atoms with van der Waals surface area (Å²) in [6.07, 6.45) is 0. The van der Waals surface area contributed by atoms with Crippen molar-refractivity contribution >= 4 is 11.6 Å². The summed E-state index contributed by atoms with van der Waals surface area (Å²) >= 11 is 6.28. The standard InChI is InChI=1S/C15H10ClFN2O/c16-13(10-6-2-1-3-7-10)15-19-18-14(20-15)11-8-4-5-9-12(11)17/h1-9,13H. The topological polar surface area (TPSA) is 38.9 Å². The summed E-state index contributed by atoms with van der Waals surface area (Å²) in [6.45, 7) is 0. The third-order valence-electron chi connectivity index (χ3n) is 2.85. The summed E-state index contributed by atoms with van der Waals surface area (Å²) in [7, 11) is 0. The Morgan fingerprint density at radius 2 is 1.65 bits per heavy atom. The van der Waals surface area contributed by atoms with Crippen molar-refractivity contribution < 1.29 is 8.81 Å². The fourth-order valence-corrected chi connectivity index (χ4v) is 2.08. The molecule has 1 unspecified atom stereocenters. The maximum atomic E-state index is 13.6. The molecule has 0 aliphatic rings. The molecule has 3 aromatic rings. The van der Waals surface area contributed by atoms with Gasteiger partial charge in [0, 0.05) is 0 Å². The molecule has 1 heterocycles. The Labute approximate surface area is 120 Å². The molecule has 0 bridgehead atoms. The lowest BCUT2D eigenvalue weighted by atomic mass is 10.1. The van der Waals surface area contributed by atoms with Gasteiger partial charge in [-0.25, -0.2) is 4.39 Å². The number of alkyl halides is 1. The van der Waals surface area contributed by atoms with Crippen molar-refractivity contribution in [2.24, 2.45) is 0 Å². The molecule has 1 atom stereocenters. The van der Waals surface area contributed by atoms with Crippen LogP contribution in [-0.4, -0.2) is 10.2 Å². The van der Waals surface area contributed by atoms with Gasteiger partial charge in [-0.15, -0.1) is 21.8 Å². The molecule has 0 saturated heterocycles. The molecule has 0 amide bonds. The summed E-state index contributed by atoms with van der Waals surface area (Å²) in [5, 5.41) is 7.20. The third kappa shape index (κ3) is 2.42. The number of hydrogen-bond donors (Lipinski definition) is 0. The predicted molar refractivity (Wildman–Crippen MR) is 73.8 cm³/mol. The van der Waals surface area contributed by atoms with Gasteiger partial charge < -0.3 is 4.42 Å². The van der Waals surface area contributed by atoms with E-state index in [-0.39, 0.29) is 17.3 Å². The largest absolute Gasteiger partial charge is 0.419 e. The van der Waals surface area contributed by atoms with Crippen molar-refractivity contribution in [3.8, 4) is 11.5 Å². The zero-order valence-corrected chi connectivity index (χ0v) is 11.1. The second-order valence-corrected chi connectivity index (χ2v) is 4.63. The first-order chi connectivity index (χ1) is 9.75. The van der Waals surface area contributed by atoms with Gasteiger partial charge in [-0.05, 0) is 17.7 Å². The minimum atomic E-state index is -0.552. The monoisotopic (exact) mass is 288 g/mol. The molecular formula is C15H10ClFN2O. The SMILES string of the molecule is Fc1ccccc1-c1nnc(C(Cl)c2ccccc2)o1. The van der Waals surface area contributed by atoms with E-state index in [4.69, 9.17) is 16.0 Å². The highest BCUT2D eigenvalue weighted by Crippen LogP contribution is 2.30.